The van der Waals surface area contributed by atoms with E-state index in [1.165, 1.54) is 17.0 Å². The highest BCUT2D eigenvalue weighted by Gasteiger charge is 2.13. The zero-order chi connectivity index (χ0) is 16.8. The van der Waals surface area contributed by atoms with Crippen LogP contribution in [0.1, 0.15) is 24.2 Å². The Morgan fingerprint density at radius 1 is 1.33 bits per heavy atom. The first kappa shape index (κ1) is 16.7. The number of nitrogens with one attached hydrogen (secondary N) is 2. The van der Waals surface area contributed by atoms with Crippen LogP contribution in [0.5, 0.6) is 0 Å². The lowest BCUT2D eigenvalue weighted by atomic mass is 10.1. The van der Waals surface area contributed by atoms with Crippen molar-refractivity contribution in [3.8, 4) is 0 Å². The van der Waals surface area contributed by atoms with Gasteiger partial charge in [0.15, 0.2) is 0 Å². The fraction of sp³-hybridized carbons (Fsp3) is 0.412. The van der Waals surface area contributed by atoms with Crippen molar-refractivity contribution in [3.05, 3.63) is 46.4 Å². The molecule has 0 unspecified atom stereocenters. The third kappa shape index (κ3) is 4.46. The Labute approximate surface area is 145 Å². The maximum atomic E-state index is 12.0. The first-order valence-corrected chi connectivity index (χ1v) is 9.01. The van der Waals surface area contributed by atoms with Crippen LogP contribution < -0.4 is 15.5 Å². The fourth-order valence-corrected chi connectivity index (χ4v) is 3.18. The summed E-state index contributed by atoms with van der Waals surface area (Å²) in [4.78, 5) is 18.4. The van der Waals surface area contributed by atoms with Gasteiger partial charge in [0.2, 0.25) is 0 Å². The lowest BCUT2D eigenvalue weighted by Gasteiger charge is -2.29. The highest BCUT2D eigenvalue weighted by atomic mass is 32.1. The molecule has 1 aliphatic rings. The van der Waals surface area contributed by atoms with Gasteiger partial charge in [-0.05, 0) is 24.6 Å². The van der Waals surface area contributed by atoms with Crippen molar-refractivity contribution in [1.82, 2.24) is 15.6 Å². The number of benzene rings is 1. The van der Waals surface area contributed by atoms with Crippen molar-refractivity contribution in [2.24, 2.45) is 0 Å². The number of thiazole rings is 1. The topological polar surface area (TPSA) is 66.5 Å². The molecule has 1 aromatic carbocycles. The minimum absolute atomic E-state index is 0.0563. The summed E-state index contributed by atoms with van der Waals surface area (Å²) in [6.45, 7) is 5.82. The minimum atomic E-state index is -0.187. The summed E-state index contributed by atoms with van der Waals surface area (Å²) in [5, 5.41) is 7.70. The number of nitrogens with zero attached hydrogens (tertiary/aromatic N) is 2. The van der Waals surface area contributed by atoms with E-state index in [0.29, 0.717) is 6.54 Å². The lowest BCUT2D eigenvalue weighted by molar-refractivity contribution is 0.122. The van der Waals surface area contributed by atoms with Gasteiger partial charge in [-0.3, -0.25) is 0 Å². The van der Waals surface area contributed by atoms with Crippen LogP contribution in [0.25, 0.3) is 0 Å². The van der Waals surface area contributed by atoms with Crippen molar-refractivity contribution < 1.29 is 9.53 Å². The van der Waals surface area contributed by atoms with Crippen LogP contribution >= 0.6 is 11.3 Å². The quantitative estimate of drug-likeness (QED) is 0.873. The molecule has 0 spiro atoms. The normalized spacial score (nSPS) is 15.8. The summed E-state index contributed by atoms with van der Waals surface area (Å²) in [6, 6.07) is 8.09. The van der Waals surface area contributed by atoms with Crippen molar-refractivity contribution in [3.63, 3.8) is 0 Å². The van der Waals surface area contributed by atoms with Gasteiger partial charge in [-0.15, -0.1) is 11.3 Å². The number of hydrogen-bond acceptors (Lipinski definition) is 5. The van der Waals surface area contributed by atoms with Gasteiger partial charge >= 0.3 is 6.03 Å². The summed E-state index contributed by atoms with van der Waals surface area (Å²) >= 11 is 1.52. The van der Waals surface area contributed by atoms with Crippen molar-refractivity contribution in [1.29, 1.82) is 0 Å². The number of anilines is 1. The van der Waals surface area contributed by atoms with E-state index in [2.05, 4.69) is 44.8 Å². The van der Waals surface area contributed by atoms with Crippen LogP contribution in [-0.2, 0) is 11.3 Å². The van der Waals surface area contributed by atoms with Crippen LogP contribution in [0.15, 0.2) is 35.2 Å². The predicted molar refractivity (Wildman–Crippen MR) is 95.4 cm³/mol. The zero-order valence-electron chi connectivity index (χ0n) is 13.7. The Morgan fingerprint density at radius 3 is 2.75 bits per heavy atom. The number of amides is 2. The van der Waals surface area contributed by atoms with Crippen LogP contribution in [0.2, 0.25) is 0 Å². The average Bonchev–Trinajstić information content (AvgIpc) is 3.14. The first-order valence-electron chi connectivity index (χ1n) is 8.06. The number of carbonyl (C=O) groups is 1. The number of carbonyl (C=O) groups excluding carboxylic acids is 1. The standard InChI is InChI=1S/C17H22N4O2S/c1-13(20-17(22)18-10-15-11-24-12-19-15)14-2-4-16(5-3-14)21-6-8-23-9-7-21/h2-5,11-13H,6-10H2,1H3,(H2,18,20,22)/t13-/m1/s1. The SMILES string of the molecule is C[C@@H](NC(=O)NCc1cscn1)c1ccc(N2CCOCC2)cc1. The van der Waals surface area contributed by atoms with E-state index in [1.807, 2.05) is 12.3 Å². The van der Waals surface area contributed by atoms with Crippen molar-refractivity contribution in [2.45, 2.75) is 19.5 Å². The molecule has 128 valence electrons. The molecule has 3 rings (SSSR count). The fourth-order valence-electron chi connectivity index (χ4n) is 2.62. The smallest absolute Gasteiger partial charge is 0.315 e. The predicted octanol–water partition coefficient (Wildman–Crippen LogP) is 2.54. The summed E-state index contributed by atoms with van der Waals surface area (Å²) in [5.41, 5.74) is 4.91. The molecule has 0 saturated carbocycles. The summed E-state index contributed by atoms with van der Waals surface area (Å²) in [6.07, 6.45) is 0. The van der Waals surface area contributed by atoms with Gasteiger partial charge in [0, 0.05) is 24.2 Å². The number of rotatable bonds is 5. The molecule has 0 radical (unpaired) electrons. The molecule has 0 aliphatic carbocycles. The highest BCUT2D eigenvalue weighted by molar-refractivity contribution is 7.07. The number of morpholine rings is 1. The second kappa shape index (κ2) is 8.12. The van der Waals surface area contributed by atoms with Gasteiger partial charge in [0.05, 0.1) is 37.0 Å². The van der Waals surface area contributed by atoms with Crippen molar-refractivity contribution in [2.75, 3.05) is 31.2 Å². The molecule has 6 nitrogen and oxygen atoms in total. The lowest BCUT2D eigenvalue weighted by Crippen LogP contribution is -2.37. The highest BCUT2D eigenvalue weighted by Crippen LogP contribution is 2.20. The van der Waals surface area contributed by atoms with E-state index in [1.54, 1.807) is 5.51 Å². The van der Waals surface area contributed by atoms with E-state index in [-0.39, 0.29) is 12.1 Å². The summed E-state index contributed by atoms with van der Waals surface area (Å²) in [7, 11) is 0. The molecule has 1 fully saturated rings. The first-order chi connectivity index (χ1) is 11.7. The van der Waals surface area contributed by atoms with Gasteiger partial charge in [-0.1, -0.05) is 12.1 Å². The minimum Gasteiger partial charge on any atom is -0.378 e. The van der Waals surface area contributed by atoms with E-state index in [4.69, 9.17) is 4.74 Å². The summed E-state index contributed by atoms with van der Waals surface area (Å²) in [5.74, 6) is 0. The maximum absolute atomic E-state index is 12.0. The zero-order valence-corrected chi connectivity index (χ0v) is 14.5. The molecule has 1 aliphatic heterocycles. The number of urea groups is 1. The van der Waals surface area contributed by atoms with Crippen molar-refractivity contribution >= 4 is 23.1 Å². The molecule has 1 saturated heterocycles. The second-order valence-electron chi connectivity index (χ2n) is 5.72. The Kier molecular flexibility index (Phi) is 5.66. The molecule has 24 heavy (non-hydrogen) atoms. The molecular weight excluding hydrogens is 324 g/mol. The Balaban J connectivity index is 1.50. The van der Waals surface area contributed by atoms with Crippen LogP contribution in [-0.4, -0.2) is 37.3 Å². The third-order valence-corrected chi connectivity index (χ3v) is 4.67. The third-order valence-electron chi connectivity index (χ3n) is 4.03. The second-order valence-corrected chi connectivity index (χ2v) is 6.44. The molecule has 2 aromatic rings. The van der Waals surface area contributed by atoms with E-state index in [9.17, 15) is 4.79 Å². The van der Waals surface area contributed by atoms with Gasteiger partial charge < -0.3 is 20.3 Å². The summed E-state index contributed by atoms with van der Waals surface area (Å²) < 4.78 is 5.38. The Bertz CT molecular complexity index is 639. The van der Waals surface area contributed by atoms with Gasteiger partial charge in [-0.2, -0.15) is 0 Å². The van der Waals surface area contributed by atoms with Gasteiger partial charge in [0.25, 0.3) is 0 Å². The molecule has 7 heteroatoms. The number of aromatic nitrogens is 1. The van der Waals surface area contributed by atoms with Crippen LogP contribution in [0.4, 0.5) is 10.5 Å². The molecule has 2 N–H and O–H groups in total. The molecular formula is C17H22N4O2S. The van der Waals surface area contributed by atoms with Gasteiger partial charge in [0.1, 0.15) is 0 Å². The van der Waals surface area contributed by atoms with Crippen LogP contribution in [0.3, 0.4) is 0 Å². The van der Waals surface area contributed by atoms with Crippen LogP contribution in [0, 0.1) is 0 Å². The van der Waals surface area contributed by atoms with E-state index in [0.717, 1.165) is 37.6 Å². The molecule has 2 heterocycles. The molecule has 0 bridgehead atoms. The maximum Gasteiger partial charge on any atom is 0.315 e. The number of ether oxygens (including phenoxy) is 1. The largest absolute Gasteiger partial charge is 0.378 e. The average molecular weight is 346 g/mol. The molecule has 1 aromatic heterocycles. The van der Waals surface area contributed by atoms with E-state index >= 15 is 0 Å². The molecule has 1 atom stereocenters. The van der Waals surface area contributed by atoms with Gasteiger partial charge in [-0.25, -0.2) is 9.78 Å². The Hall–Kier alpha value is -2.12. The number of hydrogen-bond donors (Lipinski definition) is 2. The molecule has 2 amide bonds. The monoisotopic (exact) mass is 346 g/mol. The Morgan fingerprint density at radius 2 is 2.08 bits per heavy atom. The van der Waals surface area contributed by atoms with E-state index < -0.39 is 0 Å².